The molecule has 1 atom stereocenters. The molecule has 1 aromatic heterocycles. The van der Waals surface area contributed by atoms with Gasteiger partial charge in [-0.15, -0.1) is 0 Å². The van der Waals surface area contributed by atoms with Gasteiger partial charge < -0.3 is 9.88 Å². The molecule has 1 unspecified atom stereocenters. The number of imidazole rings is 1. The number of imide groups is 1. The van der Waals surface area contributed by atoms with Gasteiger partial charge in [0, 0.05) is 6.42 Å². The molecule has 0 saturated carbocycles. The van der Waals surface area contributed by atoms with Crippen molar-refractivity contribution in [3.63, 3.8) is 0 Å². The lowest BCUT2D eigenvalue weighted by atomic mass is 10.0. The molecule has 2 aliphatic heterocycles. The number of nitrogens with one attached hydrogen (secondary N) is 1. The van der Waals surface area contributed by atoms with Crippen molar-refractivity contribution in [3.8, 4) is 0 Å². The normalized spacial score (nSPS) is 20.4. The maximum atomic E-state index is 12.6. The van der Waals surface area contributed by atoms with Crippen molar-refractivity contribution in [2.75, 3.05) is 4.90 Å². The van der Waals surface area contributed by atoms with Crippen LogP contribution in [0.2, 0.25) is 10.0 Å². The van der Waals surface area contributed by atoms with Crippen molar-refractivity contribution < 1.29 is 9.59 Å². The van der Waals surface area contributed by atoms with Crippen LogP contribution in [-0.2, 0) is 17.8 Å². The average molecular weight is 337 g/mol. The van der Waals surface area contributed by atoms with E-state index in [0.717, 1.165) is 16.3 Å². The minimum atomic E-state index is -0.516. The Hall–Kier alpha value is -2.05. The minimum absolute atomic E-state index is 0.267. The van der Waals surface area contributed by atoms with Gasteiger partial charge in [-0.3, -0.25) is 4.79 Å². The van der Waals surface area contributed by atoms with Crippen LogP contribution in [-0.4, -0.2) is 32.8 Å². The molecule has 1 N–H and O–H groups in total. The van der Waals surface area contributed by atoms with Crippen LogP contribution in [0.1, 0.15) is 11.4 Å². The molecule has 2 aromatic rings. The second-order valence-corrected chi connectivity index (χ2v) is 6.04. The summed E-state index contributed by atoms with van der Waals surface area (Å²) in [6, 6.07) is 3.84. The molecule has 0 bridgehead atoms. The summed E-state index contributed by atoms with van der Waals surface area (Å²) >= 11 is 11.9. The third-order valence-electron chi connectivity index (χ3n) is 4.00. The molecule has 0 aliphatic carbocycles. The minimum Gasteiger partial charge on any atom is -0.347 e. The van der Waals surface area contributed by atoms with Gasteiger partial charge in [-0.1, -0.05) is 23.2 Å². The average Bonchev–Trinajstić information content (AvgIpc) is 3.05. The lowest BCUT2D eigenvalue weighted by Gasteiger charge is -2.25. The Morgan fingerprint density at radius 1 is 1.23 bits per heavy atom. The van der Waals surface area contributed by atoms with Crippen molar-refractivity contribution in [2.24, 2.45) is 0 Å². The van der Waals surface area contributed by atoms with Gasteiger partial charge in [0.15, 0.2) is 0 Å². The van der Waals surface area contributed by atoms with E-state index in [1.54, 1.807) is 23.4 Å². The Morgan fingerprint density at radius 2 is 2.05 bits per heavy atom. The first-order valence-corrected chi connectivity index (χ1v) is 7.42. The van der Waals surface area contributed by atoms with E-state index in [1.165, 1.54) is 6.07 Å². The summed E-state index contributed by atoms with van der Waals surface area (Å²) in [7, 11) is 0. The molecule has 3 amide bonds. The van der Waals surface area contributed by atoms with Crippen LogP contribution in [0.15, 0.2) is 24.5 Å². The molecule has 0 spiro atoms. The third-order valence-corrected chi connectivity index (χ3v) is 4.74. The molecular formula is C14H10Cl2N4O2. The van der Waals surface area contributed by atoms with Gasteiger partial charge in [0.2, 0.25) is 0 Å². The van der Waals surface area contributed by atoms with E-state index in [2.05, 4.69) is 9.97 Å². The van der Waals surface area contributed by atoms with Crippen LogP contribution in [0.25, 0.3) is 0 Å². The van der Waals surface area contributed by atoms with Crippen LogP contribution < -0.4 is 4.90 Å². The van der Waals surface area contributed by atoms with E-state index in [4.69, 9.17) is 23.2 Å². The highest BCUT2D eigenvalue weighted by atomic mass is 35.5. The number of carbonyl (C=O) groups excluding carboxylic acids is 2. The predicted molar refractivity (Wildman–Crippen MR) is 81.0 cm³/mol. The quantitative estimate of drug-likeness (QED) is 0.814. The van der Waals surface area contributed by atoms with E-state index in [1.807, 2.05) is 0 Å². The third kappa shape index (κ3) is 1.84. The molecule has 0 radical (unpaired) electrons. The summed E-state index contributed by atoms with van der Waals surface area (Å²) in [6.45, 7) is 0.350. The Kier molecular flexibility index (Phi) is 2.92. The highest BCUT2D eigenvalue weighted by Gasteiger charge is 2.48. The number of urea groups is 1. The SMILES string of the molecule is O=C1C2Cc3nc[nH]c3CN2C(=O)N1c1ccc(Cl)c(Cl)c1. The fourth-order valence-corrected chi connectivity index (χ4v) is 3.18. The molecule has 2 aliphatic rings. The second-order valence-electron chi connectivity index (χ2n) is 5.23. The van der Waals surface area contributed by atoms with E-state index in [0.29, 0.717) is 28.7 Å². The molecule has 1 saturated heterocycles. The van der Waals surface area contributed by atoms with Gasteiger partial charge in [-0.2, -0.15) is 0 Å². The van der Waals surface area contributed by atoms with E-state index in [-0.39, 0.29) is 11.9 Å². The van der Waals surface area contributed by atoms with Crippen LogP contribution in [0.4, 0.5) is 10.5 Å². The molecule has 1 fully saturated rings. The van der Waals surface area contributed by atoms with Crippen LogP contribution >= 0.6 is 23.2 Å². The number of amides is 3. The van der Waals surface area contributed by atoms with Crippen LogP contribution in [0.5, 0.6) is 0 Å². The van der Waals surface area contributed by atoms with Crippen LogP contribution in [0, 0.1) is 0 Å². The van der Waals surface area contributed by atoms with Crippen molar-refractivity contribution in [2.45, 2.75) is 19.0 Å². The number of anilines is 1. The van der Waals surface area contributed by atoms with Gasteiger partial charge in [-0.05, 0) is 18.2 Å². The maximum absolute atomic E-state index is 12.6. The Labute approximate surface area is 135 Å². The lowest BCUT2D eigenvalue weighted by molar-refractivity contribution is -0.120. The Morgan fingerprint density at radius 3 is 2.82 bits per heavy atom. The Bertz CT molecular complexity index is 765. The summed E-state index contributed by atoms with van der Waals surface area (Å²) in [5.41, 5.74) is 2.13. The number of fused-ring (bicyclic) bond motifs is 2. The zero-order valence-electron chi connectivity index (χ0n) is 11.2. The topological polar surface area (TPSA) is 69.3 Å². The zero-order valence-corrected chi connectivity index (χ0v) is 12.7. The summed E-state index contributed by atoms with van der Waals surface area (Å²) < 4.78 is 0. The van der Waals surface area contributed by atoms with Gasteiger partial charge in [0.25, 0.3) is 5.91 Å². The molecule has 6 nitrogen and oxygen atoms in total. The predicted octanol–water partition coefficient (Wildman–Crippen LogP) is 2.61. The zero-order chi connectivity index (χ0) is 15.4. The summed E-state index contributed by atoms with van der Waals surface area (Å²) in [5.74, 6) is -0.267. The molecule has 22 heavy (non-hydrogen) atoms. The van der Waals surface area contributed by atoms with E-state index < -0.39 is 6.04 Å². The van der Waals surface area contributed by atoms with Gasteiger partial charge in [0.1, 0.15) is 6.04 Å². The largest absolute Gasteiger partial charge is 0.347 e. The van der Waals surface area contributed by atoms with E-state index >= 15 is 0 Å². The summed E-state index contributed by atoms with van der Waals surface area (Å²) in [6.07, 6.45) is 2.00. The fraction of sp³-hybridized carbons (Fsp3) is 0.214. The van der Waals surface area contributed by atoms with Crippen molar-refractivity contribution in [1.82, 2.24) is 14.9 Å². The standard InChI is InChI=1S/C14H10Cl2N4O2/c15-8-2-1-7(3-9(8)16)20-13(21)12-4-10-11(18-6-17-10)5-19(12)14(20)22/h1-3,6,12H,4-5H2,(H,17,18). The molecule has 4 rings (SSSR count). The molecular weight excluding hydrogens is 327 g/mol. The maximum Gasteiger partial charge on any atom is 0.332 e. The number of halogens is 2. The Balaban J connectivity index is 1.72. The number of H-pyrrole nitrogens is 1. The lowest BCUT2D eigenvalue weighted by Crippen LogP contribution is -2.40. The monoisotopic (exact) mass is 336 g/mol. The van der Waals surface area contributed by atoms with Crippen LogP contribution in [0.3, 0.4) is 0 Å². The number of nitrogens with zero attached hydrogens (tertiary/aromatic N) is 3. The number of aromatic nitrogens is 2. The van der Waals surface area contributed by atoms with Gasteiger partial charge >= 0.3 is 6.03 Å². The first-order valence-electron chi connectivity index (χ1n) is 6.67. The first-order chi connectivity index (χ1) is 10.6. The summed E-state index contributed by atoms with van der Waals surface area (Å²) in [5, 5.41) is 0.679. The van der Waals surface area contributed by atoms with Crippen molar-refractivity contribution >= 4 is 40.8 Å². The summed E-state index contributed by atoms with van der Waals surface area (Å²) in [4.78, 5) is 35.1. The number of rotatable bonds is 1. The fourth-order valence-electron chi connectivity index (χ4n) is 2.89. The van der Waals surface area contributed by atoms with E-state index in [9.17, 15) is 9.59 Å². The highest BCUT2D eigenvalue weighted by molar-refractivity contribution is 6.42. The molecule has 112 valence electrons. The number of aromatic amines is 1. The van der Waals surface area contributed by atoms with Crippen molar-refractivity contribution in [3.05, 3.63) is 46.0 Å². The smallest absolute Gasteiger partial charge is 0.332 e. The first kappa shape index (κ1) is 13.6. The number of benzene rings is 1. The number of hydrogen-bond donors (Lipinski definition) is 1. The number of carbonyl (C=O) groups is 2. The van der Waals surface area contributed by atoms with Gasteiger partial charge in [0.05, 0.1) is 40.0 Å². The second kappa shape index (κ2) is 4.72. The molecule has 8 heteroatoms. The molecule has 3 heterocycles. The molecule has 1 aromatic carbocycles. The van der Waals surface area contributed by atoms with Gasteiger partial charge in [-0.25, -0.2) is 14.7 Å². The van der Waals surface area contributed by atoms with Crippen molar-refractivity contribution in [1.29, 1.82) is 0 Å². The highest BCUT2D eigenvalue weighted by Crippen LogP contribution is 2.34. The number of hydrogen-bond acceptors (Lipinski definition) is 3.